The van der Waals surface area contributed by atoms with E-state index >= 15 is 0 Å². The molecule has 1 aromatic carbocycles. The predicted molar refractivity (Wildman–Crippen MR) is 75.7 cm³/mol. The smallest absolute Gasteiger partial charge is 0.322 e. The number of carbonyl (C=O) groups is 1. The van der Waals surface area contributed by atoms with Gasteiger partial charge in [0.25, 0.3) is 0 Å². The predicted octanol–water partition coefficient (Wildman–Crippen LogP) is 0.807. The van der Waals surface area contributed by atoms with Gasteiger partial charge in [0.2, 0.25) is 10.0 Å². The molecule has 112 valence electrons. The highest BCUT2D eigenvalue weighted by molar-refractivity contribution is 7.89. The molecule has 1 aromatic rings. The summed E-state index contributed by atoms with van der Waals surface area (Å²) in [6.45, 7) is 3.60. The Hall–Kier alpha value is -1.44. The van der Waals surface area contributed by atoms with Crippen molar-refractivity contribution >= 4 is 16.0 Å². The molecule has 0 unspecified atom stereocenters. The molecule has 0 aliphatic carbocycles. The van der Waals surface area contributed by atoms with Gasteiger partial charge in [-0.3, -0.25) is 10.1 Å². The third kappa shape index (κ3) is 4.03. The van der Waals surface area contributed by atoms with E-state index in [2.05, 4.69) is 14.8 Å². The van der Waals surface area contributed by atoms with Crippen LogP contribution in [-0.4, -0.2) is 34.6 Å². The van der Waals surface area contributed by atoms with Crippen molar-refractivity contribution < 1.29 is 17.9 Å². The highest BCUT2D eigenvalue weighted by Crippen LogP contribution is 2.16. The summed E-state index contributed by atoms with van der Waals surface area (Å²) >= 11 is 0. The molecule has 0 aliphatic heterocycles. The maximum absolute atomic E-state index is 11.6. The first-order valence-corrected chi connectivity index (χ1v) is 7.67. The van der Waals surface area contributed by atoms with Crippen LogP contribution in [-0.2, 0) is 19.6 Å². The van der Waals surface area contributed by atoms with Crippen molar-refractivity contribution in [2.45, 2.75) is 30.8 Å². The summed E-state index contributed by atoms with van der Waals surface area (Å²) in [6, 6.07) is 5.95. The molecule has 0 saturated carbocycles. The monoisotopic (exact) mass is 300 g/mol. The lowest BCUT2D eigenvalue weighted by Gasteiger charge is -2.18. The van der Waals surface area contributed by atoms with E-state index in [-0.39, 0.29) is 16.9 Å². The second-order valence-corrected chi connectivity index (χ2v) is 6.30. The Morgan fingerprint density at radius 3 is 2.20 bits per heavy atom. The van der Waals surface area contributed by atoms with Gasteiger partial charge in [-0.25, -0.2) is 13.1 Å². The summed E-state index contributed by atoms with van der Waals surface area (Å²) in [5.74, 6) is -0.341. The average Bonchev–Trinajstić information content (AvgIpc) is 2.46. The van der Waals surface area contributed by atoms with E-state index in [0.717, 1.165) is 5.56 Å². The highest BCUT2D eigenvalue weighted by Gasteiger charge is 2.17. The van der Waals surface area contributed by atoms with E-state index in [1.807, 2.05) is 6.92 Å². The van der Waals surface area contributed by atoms with Crippen LogP contribution in [0.4, 0.5) is 0 Å². The summed E-state index contributed by atoms with van der Waals surface area (Å²) in [5.41, 5.74) is 0.885. The summed E-state index contributed by atoms with van der Waals surface area (Å²) in [6.07, 6.45) is 0. The number of nitrogens with one attached hydrogen (secondary N) is 2. The molecule has 0 bridgehead atoms. The molecular formula is C13H20N2O4S. The fourth-order valence-electron chi connectivity index (χ4n) is 1.77. The molecular weight excluding hydrogens is 280 g/mol. The second kappa shape index (κ2) is 6.83. The van der Waals surface area contributed by atoms with Crippen LogP contribution in [0, 0.1) is 0 Å². The van der Waals surface area contributed by atoms with Crippen molar-refractivity contribution in [3.05, 3.63) is 29.8 Å². The zero-order valence-corrected chi connectivity index (χ0v) is 12.8. The zero-order valence-electron chi connectivity index (χ0n) is 12.0. The standard InChI is InChI=1S/C13H20N2O4S/c1-9(15-10(2)13(16)19-4)11-5-7-12(8-6-11)20(17,18)14-3/h5-10,14-15H,1-4H3/t9-,10+/m1/s1. The highest BCUT2D eigenvalue weighted by atomic mass is 32.2. The van der Waals surface area contributed by atoms with Crippen LogP contribution in [0.25, 0.3) is 0 Å². The van der Waals surface area contributed by atoms with Gasteiger partial charge in [0, 0.05) is 6.04 Å². The summed E-state index contributed by atoms with van der Waals surface area (Å²) in [7, 11) is -0.723. The van der Waals surface area contributed by atoms with Crippen LogP contribution in [0.15, 0.2) is 29.2 Å². The molecule has 20 heavy (non-hydrogen) atoms. The summed E-state index contributed by atoms with van der Waals surface area (Å²) in [4.78, 5) is 11.5. The van der Waals surface area contributed by atoms with Crippen molar-refractivity contribution in [3.63, 3.8) is 0 Å². The Bertz CT molecular complexity index is 554. The zero-order chi connectivity index (χ0) is 15.3. The van der Waals surface area contributed by atoms with Crippen LogP contribution in [0.3, 0.4) is 0 Å². The SMILES string of the molecule is CNS(=O)(=O)c1ccc([C@@H](C)N[C@@H](C)C(=O)OC)cc1. The number of rotatable bonds is 6. The first kappa shape index (κ1) is 16.6. The van der Waals surface area contributed by atoms with Gasteiger partial charge in [0.1, 0.15) is 6.04 Å². The van der Waals surface area contributed by atoms with Crippen molar-refractivity contribution in [3.8, 4) is 0 Å². The Labute approximate surface area is 119 Å². The van der Waals surface area contributed by atoms with E-state index in [0.29, 0.717) is 0 Å². The number of benzene rings is 1. The third-order valence-electron chi connectivity index (χ3n) is 3.01. The molecule has 0 heterocycles. The van der Waals surface area contributed by atoms with Crippen LogP contribution >= 0.6 is 0 Å². The molecule has 0 spiro atoms. The number of ether oxygens (including phenoxy) is 1. The van der Waals surface area contributed by atoms with Gasteiger partial charge in [0.05, 0.1) is 12.0 Å². The van der Waals surface area contributed by atoms with E-state index in [1.54, 1.807) is 19.1 Å². The van der Waals surface area contributed by atoms with Gasteiger partial charge in [-0.1, -0.05) is 12.1 Å². The first-order valence-electron chi connectivity index (χ1n) is 6.19. The van der Waals surface area contributed by atoms with Crippen LogP contribution < -0.4 is 10.0 Å². The van der Waals surface area contributed by atoms with Crippen molar-refractivity contribution in [1.29, 1.82) is 0 Å². The Balaban J connectivity index is 2.81. The average molecular weight is 300 g/mol. The Morgan fingerprint density at radius 1 is 1.20 bits per heavy atom. The lowest BCUT2D eigenvalue weighted by molar-refractivity contribution is -0.142. The molecule has 7 heteroatoms. The number of hydrogen-bond donors (Lipinski definition) is 2. The second-order valence-electron chi connectivity index (χ2n) is 4.41. The van der Waals surface area contributed by atoms with E-state index in [1.165, 1.54) is 26.3 Å². The molecule has 2 atom stereocenters. The lowest BCUT2D eigenvalue weighted by atomic mass is 10.1. The van der Waals surface area contributed by atoms with E-state index in [4.69, 9.17) is 0 Å². The number of carbonyl (C=O) groups excluding carboxylic acids is 1. The van der Waals surface area contributed by atoms with Crippen LogP contribution in [0.5, 0.6) is 0 Å². The number of hydrogen-bond acceptors (Lipinski definition) is 5. The van der Waals surface area contributed by atoms with Gasteiger partial charge in [-0.15, -0.1) is 0 Å². The molecule has 0 aliphatic rings. The molecule has 1 rings (SSSR count). The minimum absolute atomic E-state index is 0.101. The van der Waals surface area contributed by atoms with Crippen LogP contribution in [0.2, 0.25) is 0 Å². The van der Waals surface area contributed by atoms with Crippen molar-refractivity contribution in [1.82, 2.24) is 10.0 Å². The quantitative estimate of drug-likeness (QED) is 0.759. The summed E-state index contributed by atoms with van der Waals surface area (Å²) in [5, 5.41) is 3.08. The molecule has 0 fully saturated rings. The van der Waals surface area contributed by atoms with E-state index in [9.17, 15) is 13.2 Å². The van der Waals surface area contributed by atoms with Crippen molar-refractivity contribution in [2.75, 3.05) is 14.2 Å². The number of methoxy groups -OCH3 is 1. The molecule has 0 saturated heterocycles. The van der Waals surface area contributed by atoms with E-state index < -0.39 is 16.1 Å². The maximum atomic E-state index is 11.6. The Kier molecular flexibility index (Phi) is 5.67. The fourth-order valence-corrected chi connectivity index (χ4v) is 2.50. The van der Waals surface area contributed by atoms with Gasteiger partial charge < -0.3 is 4.74 Å². The largest absolute Gasteiger partial charge is 0.468 e. The molecule has 0 amide bonds. The lowest BCUT2D eigenvalue weighted by Crippen LogP contribution is -2.36. The molecule has 0 radical (unpaired) electrons. The summed E-state index contributed by atoms with van der Waals surface area (Å²) < 4.78 is 30.1. The third-order valence-corrected chi connectivity index (χ3v) is 4.44. The van der Waals surface area contributed by atoms with Crippen LogP contribution in [0.1, 0.15) is 25.5 Å². The normalized spacial score (nSPS) is 14.6. The van der Waals surface area contributed by atoms with Crippen molar-refractivity contribution in [2.24, 2.45) is 0 Å². The van der Waals surface area contributed by atoms with Gasteiger partial charge in [-0.05, 0) is 38.6 Å². The minimum atomic E-state index is -3.43. The van der Waals surface area contributed by atoms with Gasteiger partial charge in [-0.2, -0.15) is 0 Å². The fraction of sp³-hybridized carbons (Fsp3) is 0.462. The number of sulfonamides is 1. The number of esters is 1. The molecule has 6 nitrogen and oxygen atoms in total. The Morgan fingerprint density at radius 2 is 1.75 bits per heavy atom. The molecule has 2 N–H and O–H groups in total. The maximum Gasteiger partial charge on any atom is 0.322 e. The topological polar surface area (TPSA) is 84.5 Å². The van der Waals surface area contributed by atoms with Gasteiger partial charge >= 0.3 is 5.97 Å². The minimum Gasteiger partial charge on any atom is -0.468 e. The first-order chi connectivity index (χ1) is 9.31. The molecule has 0 aromatic heterocycles. The van der Waals surface area contributed by atoms with Gasteiger partial charge in [0.15, 0.2) is 0 Å².